The molecule has 0 atom stereocenters. The van der Waals surface area contributed by atoms with E-state index in [0.29, 0.717) is 4.47 Å². The number of ketones is 1. The van der Waals surface area contributed by atoms with Crippen LogP contribution in [0, 0.1) is 5.82 Å². The molecule has 0 fully saturated rings. The Kier molecular flexibility index (Phi) is 4.00. The number of rotatable bonds is 2. The van der Waals surface area contributed by atoms with Crippen molar-refractivity contribution in [3.63, 3.8) is 0 Å². The monoisotopic (exact) mass is 347 g/mol. The molecule has 0 aliphatic carbocycles. The van der Waals surface area contributed by atoms with Crippen molar-refractivity contribution in [2.75, 3.05) is 0 Å². The average molecular weight is 349 g/mol. The van der Waals surface area contributed by atoms with Crippen molar-refractivity contribution in [3.8, 4) is 0 Å². The molecule has 1 aromatic heterocycles. The Balaban J connectivity index is 2.46. The fourth-order valence-corrected chi connectivity index (χ4v) is 1.95. The molecule has 2 nitrogen and oxygen atoms in total. The number of nitrogens with zero attached hydrogens (tertiary/aromatic N) is 1. The quantitative estimate of drug-likeness (QED) is 0.453. The van der Waals surface area contributed by atoms with E-state index in [-0.39, 0.29) is 21.3 Å². The summed E-state index contributed by atoms with van der Waals surface area (Å²) < 4.78 is 14.2. The van der Waals surface area contributed by atoms with Crippen molar-refractivity contribution in [2.24, 2.45) is 0 Å². The molecule has 2 aromatic rings. The Morgan fingerprint density at radius 3 is 2.56 bits per heavy atom. The number of halogens is 4. The van der Waals surface area contributed by atoms with Gasteiger partial charge in [0.05, 0.1) is 10.6 Å². The lowest BCUT2D eigenvalue weighted by Crippen LogP contribution is -2.05. The van der Waals surface area contributed by atoms with Crippen LogP contribution in [0.1, 0.15) is 15.9 Å². The van der Waals surface area contributed by atoms with Crippen molar-refractivity contribution in [3.05, 3.63) is 62.1 Å². The second-order valence-electron chi connectivity index (χ2n) is 3.42. The van der Waals surface area contributed by atoms with Crippen molar-refractivity contribution in [2.45, 2.75) is 0 Å². The number of hydrogen-bond donors (Lipinski definition) is 0. The molecule has 0 aliphatic heterocycles. The van der Waals surface area contributed by atoms with Crippen LogP contribution in [0.2, 0.25) is 10.2 Å². The first-order chi connectivity index (χ1) is 8.50. The molecule has 0 radical (unpaired) electrons. The SMILES string of the molecule is O=C(c1ccc(Cl)nc1)c1ccc(Br)c(Cl)c1F. The summed E-state index contributed by atoms with van der Waals surface area (Å²) in [5.41, 5.74) is 0.143. The Hall–Kier alpha value is -0.970. The lowest BCUT2D eigenvalue weighted by atomic mass is 10.0. The standard InChI is InChI=1S/C12H5BrCl2FNO/c13-8-3-2-7(11(16)10(8)15)12(18)6-1-4-9(14)17-5-6/h1-5H. The van der Waals surface area contributed by atoms with E-state index in [1.54, 1.807) is 0 Å². The molecule has 2 rings (SSSR count). The maximum absolute atomic E-state index is 13.8. The molecule has 0 amide bonds. The van der Waals surface area contributed by atoms with Gasteiger partial charge in [-0.3, -0.25) is 4.79 Å². The van der Waals surface area contributed by atoms with Gasteiger partial charge in [0.15, 0.2) is 11.6 Å². The fourth-order valence-electron chi connectivity index (χ4n) is 1.37. The number of hydrogen-bond acceptors (Lipinski definition) is 2. The van der Waals surface area contributed by atoms with Gasteiger partial charge in [0.1, 0.15) is 5.15 Å². The fraction of sp³-hybridized carbons (Fsp3) is 0. The van der Waals surface area contributed by atoms with Gasteiger partial charge in [-0.25, -0.2) is 9.37 Å². The summed E-state index contributed by atoms with van der Waals surface area (Å²) in [5.74, 6) is -1.25. The smallest absolute Gasteiger partial charge is 0.197 e. The normalized spacial score (nSPS) is 10.4. The van der Waals surface area contributed by atoms with Gasteiger partial charge >= 0.3 is 0 Å². The minimum Gasteiger partial charge on any atom is -0.288 e. The highest BCUT2D eigenvalue weighted by Gasteiger charge is 2.18. The zero-order valence-electron chi connectivity index (χ0n) is 8.75. The number of aromatic nitrogens is 1. The topological polar surface area (TPSA) is 30.0 Å². The lowest BCUT2D eigenvalue weighted by Gasteiger charge is -2.05. The number of carbonyl (C=O) groups excluding carboxylic acids is 1. The second kappa shape index (κ2) is 5.34. The van der Waals surface area contributed by atoms with Gasteiger partial charge in [-0.1, -0.05) is 23.2 Å². The van der Waals surface area contributed by atoms with Gasteiger partial charge in [0, 0.05) is 16.2 Å². The molecule has 0 spiro atoms. The first-order valence-corrected chi connectivity index (χ1v) is 6.35. The van der Waals surface area contributed by atoms with Crippen molar-refractivity contribution in [1.82, 2.24) is 4.98 Å². The molecule has 0 saturated carbocycles. The maximum Gasteiger partial charge on any atom is 0.197 e. The first kappa shape index (κ1) is 13.5. The highest BCUT2D eigenvalue weighted by atomic mass is 79.9. The lowest BCUT2D eigenvalue weighted by molar-refractivity contribution is 0.103. The summed E-state index contributed by atoms with van der Waals surface area (Å²) in [6, 6.07) is 5.82. The molecule has 1 aromatic carbocycles. The molecule has 18 heavy (non-hydrogen) atoms. The van der Waals surface area contributed by atoms with Crippen LogP contribution in [-0.2, 0) is 0 Å². The van der Waals surface area contributed by atoms with Crippen LogP contribution < -0.4 is 0 Å². The summed E-state index contributed by atoms with van der Waals surface area (Å²) in [6.45, 7) is 0. The molecule has 0 aliphatic rings. The summed E-state index contributed by atoms with van der Waals surface area (Å²) >= 11 is 14.4. The van der Waals surface area contributed by atoms with Gasteiger partial charge in [0.25, 0.3) is 0 Å². The maximum atomic E-state index is 13.8. The Morgan fingerprint density at radius 1 is 1.22 bits per heavy atom. The highest BCUT2D eigenvalue weighted by Crippen LogP contribution is 2.28. The van der Waals surface area contributed by atoms with E-state index in [9.17, 15) is 9.18 Å². The molecule has 1 heterocycles. The van der Waals surface area contributed by atoms with Crippen LogP contribution in [0.5, 0.6) is 0 Å². The summed E-state index contributed by atoms with van der Waals surface area (Å²) in [7, 11) is 0. The van der Waals surface area contributed by atoms with E-state index < -0.39 is 11.6 Å². The van der Waals surface area contributed by atoms with E-state index in [2.05, 4.69) is 20.9 Å². The predicted molar refractivity (Wildman–Crippen MR) is 71.8 cm³/mol. The van der Waals surface area contributed by atoms with E-state index >= 15 is 0 Å². The third-order valence-corrected chi connectivity index (χ3v) is 3.75. The van der Waals surface area contributed by atoms with Gasteiger partial charge in [-0.05, 0) is 40.2 Å². The Bertz CT molecular complexity index is 616. The predicted octanol–water partition coefficient (Wildman–Crippen LogP) is 4.52. The molecule has 0 bridgehead atoms. The van der Waals surface area contributed by atoms with Gasteiger partial charge in [-0.2, -0.15) is 0 Å². The molecule has 6 heteroatoms. The van der Waals surface area contributed by atoms with Crippen LogP contribution in [0.15, 0.2) is 34.9 Å². The van der Waals surface area contributed by atoms with Crippen LogP contribution in [0.4, 0.5) is 4.39 Å². The van der Waals surface area contributed by atoms with Crippen molar-refractivity contribution in [1.29, 1.82) is 0 Å². The third-order valence-electron chi connectivity index (χ3n) is 2.27. The molecule has 0 N–H and O–H groups in total. The van der Waals surface area contributed by atoms with E-state index in [4.69, 9.17) is 23.2 Å². The van der Waals surface area contributed by atoms with Crippen LogP contribution in [0.25, 0.3) is 0 Å². The van der Waals surface area contributed by atoms with Gasteiger partial charge in [-0.15, -0.1) is 0 Å². The van der Waals surface area contributed by atoms with E-state index in [0.717, 1.165) is 0 Å². The second-order valence-corrected chi connectivity index (χ2v) is 5.04. The van der Waals surface area contributed by atoms with E-state index in [1.807, 2.05) is 0 Å². The molecular formula is C12H5BrCl2FNO. The van der Waals surface area contributed by atoms with Crippen LogP contribution in [0.3, 0.4) is 0 Å². The summed E-state index contributed by atoms with van der Waals surface area (Å²) in [4.78, 5) is 15.8. The zero-order chi connectivity index (χ0) is 13.3. The molecule has 92 valence electrons. The number of carbonyl (C=O) groups is 1. The number of benzene rings is 1. The Labute approximate surface area is 121 Å². The summed E-state index contributed by atoms with van der Waals surface area (Å²) in [5, 5.41) is 0.142. The largest absolute Gasteiger partial charge is 0.288 e. The van der Waals surface area contributed by atoms with E-state index in [1.165, 1.54) is 30.5 Å². The van der Waals surface area contributed by atoms with Crippen molar-refractivity contribution < 1.29 is 9.18 Å². The van der Waals surface area contributed by atoms with Gasteiger partial charge in [0.2, 0.25) is 0 Å². The van der Waals surface area contributed by atoms with Gasteiger partial charge < -0.3 is 0 Å². The molecular weight excluding hydrogens is 344 g/mol. The molecule has 0 unspecified atom stereocenters. The third kappa shape index (κ3) is 2.55. The first-order valence-electron chi connectivity index (χ1n) is 4.80. The minimum atomic E-state index is -0.758. The Morgan fingerprint density at radius 2 is 1.94 bits per heavy atom. The summed E-state index contributed by atoms with van der Waals surface area (Å²) in [6.07, 6.45) is 1.29. The van der Waals surface area contributed by atoms with Crippen LogP contribution in [-0.4, -0.2) is 10.8 Å². The minimum absolute atomic E-state index is 0.104. The average Bonchev–Trinajstić information content (AvgIpc) is 2.36. The number of pyridine rings is 1. The van der Waals surface area contributed by atoms with Crippen LogP contribution >= 0.6 is 39.1 Å². The molecule has 0 saturated heterocycles. The van der Waals surface area contributed by atoms with Crippen molar-refractivity contribution >= 4 is 44.9 Å². The zero-order valence-corrected chi connectivity index (χ0v) is 11.9. The highest BCUT2D eigenvalue weighted by molar-refractivity contribution is 9.10.